The van der Waals surface area contributed by atoms with Gasteiger partial charge in [0, 0.05) is 6.61 Å². The van der Waals surface area contributed by atoms with E-state index in [0.717, 1.165) is 13.0 Å². The van der Waals surface area contributed by atoms with E-state index in [1.807, 2.05) is 6.92 Å². The van der Waals surface area contributed by atoms with Crippen LogP contribution in [0.1, 0.15) is 33.1 Å². The maximum Gasteiger partial charge on any atom is 0.0808 e. The Morgan fingerprint density at radius 1 is 1.46 bits per heavy atom. The van der Waals surface area contributed by atoms with Crippen LogP contribution in [0.15, 0.2) is 0 Å². The molecular weight excluding hydrogens is 168 g/mol. The van der Waals surface area contributed by atoms with Crippen molar-refractivity contribution in [3.05, 3.63) is 0 Å². The van der Waals surface area contributed by atoms with Crippen molar-refractivity contribution in [2.75, 3.05) is 13.2 Å². The summed E-state index contributed by atoms with van der Waals surface area (Å²) in [5, 5.41) is 9.18. The summed E-state index contributed by atoms with van der Waals surface area (Å²) in [7, 11) is 0. The topological polar surface area (TPSA) is 38.7 Å². The lowest BCUT2D eigenvalue weighted by Gasteiger charge is -2.24. The first-order valence-electron chi connectivity index (χ1n) is 5.11. The van der Waals surface area contributed by atoms with E-state index >= 15 is 0 Å². The largest absolute Gasteiger partial charge is 0.391 e. The van der Waals surface area contributed by atoms with Gasteiger partial charge in [0.2, 0.25) is 0 Å². The number of aliphatic hydroxyl groups excluding tert-OH is 1. The van der Waals surface area contributed by atoms with Crippen LogP contribution in [0.2, 0.25) is 0 Å². The number of aliphatic hydroxyl groups is 1. The van der Waals surface area contributed by atoms with E-state index < -0.39 is 6.10 Å². The highest BCUT2D eigenvalue weighted by molar-refractivity contribution is 4.65. The van der Waals surface area contributed by atoms with Crippen LogP contribution in [-0.4, -0.2) is 36.6 Å². The SMILES string of the molecule is CC(OCC1CCCCO1)[C@H](C)O. The zero-order valence-corrected chi connectivity index (χ0v) is 8.53. The van der Waals surface area contributed by atoms with E-state index in [2.05, 4.69) is 0 Å². The monoisotopic (exact) mass is 188 g/mol. The van der Waals surface area contributed by atoms with Crippen molar-refractivity contribution in [1.82, 2.24) is 0 Å². The Hall–Kier alpha value is -0.120. The summed E-state index contributed by atoms with van der Waals surface area (Å²) in [5.74, 6) is 0. The molecule has 1 saturated heterocycles. The fraction of sp³-hybridized carbons (Fsp3) is 1.00. The fourth-order valence-corrected chi connectivity index (χ4v) is 1.34. The summed E-state index contributed by atoms with van der Waals surface area (Å²) in [6.07, 6.45) is 3.25. The van der Waals surface area contributed by atoms with Crippen LogP contribution in [-0.2, 0) is 9.47 Å². The zero-order valence-electron chi connectivity index (χ0n) is 8.53. The van der Waals surface area contributed by atoms with Gasteiger partial charge in [-0.05, 0) is 33.1 Å². The van der Waals surface area contributed by atoms with Crippen molar-refractivity contribution in [3.63, 3.8) is 0 Å². The molecule has 0 bridgehead atoms. The van der Waals surface area contributed by atoms with E-state index in [0.29, 0.717) is 6.61 Å². The molecule has 1 heterocycles. The van der Waals surface area contributed by atoms with Crippen molar-refractivity contribution in [2.24, 2.45) is 0 Å². The van der Waals surface area contributed by atoms with Crippen LogP contribution in [0.3, 0.4) is 0 Å². The van der Waals surface area contributed by atoms with Crippen molar-refractivity contribution in [3.8, 4) is 0 Å². The molecule has 0 amide bonds. The highest BCUT2D eigenvalue weighted by Gasteiger charge is 2.16. The van der Waals surface area contributed by atoms with E-state index in [4.69, 9.17) is 9.47 Å². The Bertz CT molecular complexity index is 130. The Morgan fingerprint density at radius 3 is 2.77 bits per heavy atom. The lowest BCUT2D eigenvalue weighted by molar-refractivity contribution is -0.0841. The van der Waals surface area contributed by atoms with Gasteiger partial charge in [-0.2, -0.15) is 0 Å². The third kappa shape index (κ3) is 4.07. The molecule has 1 fully saturated rings. The number of rotatable bonds is 4. The molecule has 3 heteroatoms. The van der Waals surface area contributed by atoms with Gasteiger partial charge in [-0.1, -0.05) is 0 Å². The minimum Gasteiger partial charge on any atom is -0.391 e. The van der Waals surface area contributed by atoms with E-state index in [9.17, 15) is 5.11 Å². The molecule has 0 aromatic rings. The average Bonchev–Trinajstić information content (AvgIpc) is 2.15. The second-order valence-corrected chi connectivity index (χ2v) is 3.77. The molecule has 1 aliphatic heterocycles. The Balaban J connectivity index is 2.10. The van der Waals surface area contributed by atoms with Gasteiger partial charge in [0.25, 0.3) is 0 Å². The minimum absolute atomic E-state index is 0.0921. The predicted octanol–water partition coefficient (Wildman–Crippen LogP) is 1.34. The molecule has 0 radical (unpaired) electrons. The molecule has 13 heavy (non-hydrogen) atoms. The van der Waals surface area contributed by atoms with Crippen LogP contribution in [0, 0.1) is 0 Å². The first kappa shape index (κ1) is 11.0. The van der Waals surface area contributed by atoms with Crippen LogP contribution < -0.4 is 0 Å². The maximum atomic E-state index is 9.18. The molecule has 3 atom stereocenters. The summed E-state index contributed by atoms with van der Waals surface area (Å²) in [4.78, 5) is 0. The quantitative estimate of drug-likeness (QED) is 0.723. The second kappa shape index (κ2) is 5.58. The highest BCUT2D eigenvalue weighted by atomic mass is 16.5. The lowest BCUT2D eigenvalue weighted by Crippen LogP contribution is -2.30. The second-order valence-electron chi connectivity index (χ2n) is 3.77. The summed E-state index contributed by atoms with van der Waals surface area (Å²) >= 11 is 0. The van der Waals surface area contributed by atoms with Crippen LogP contribution in [0.5, 0.6) is 0 Å². The molecule has 3 nitrogen and oxygen atoms in total. The summed E-state index contributed by atoms with van der Waals surface area (Å²) < 4.78 is 11.0. The predicted molar refractivity (Wildman–Crippen MR) is 50.7 cm³/mol. The molecule has 0 spiro atoms. The molecule has 2 unspecified atom stereocenters. The van der Waals surface area contributed by atoms with E-state index in [-0.39, 0.29) is 12.2 Å². The van der Waals surface area contributed by atoms with Crippen molar-refractivity contribution >= 4 is 0 Å². The lowest BCUT2D eigenvalue weighted by atomic mass is 10.1. The first-order chi connectivity index (χ1) is 6.20. The molecule has 78 valence electrons. The van der Waals surface area contributed by atoms with Crippen LogP contribution >= 0.6 is 0 Å². The maximum absolute atomic E-state index is 9.18. The number of hydrogen-bond donors (Lipinski definition) is 1. The third-order valence-corrected chi connectivity index (χ3v) is 2.50. The molecule has 1 rings (SSSR count). The molecule has 0 aliphatic carbocycles. The van der Waals surface area contributed by atoms with Gasteiger partial charge in [-0.15, -0.1) is 0 Å². The standard InChI is InChI=1S/C10H20O3/c1-8(11)9(2)13-7-10-5-3-4-6-12-10/h8-11H,3-7H2,1-2H3/t8-,9?,10?/m0/s1. The van der Waals surface area contributed by atoms with Crippen molar-refractivity contribution < 1.29 is 14.6 Å². The van der Waals surface area contributed by atoms with E-state index in [1.54, 1.807) is 6.92 Å². The first-order valence-corrected chi connectivity index (χ1v) is 5.11. The smallest absolute Gasteiger partial charge is 0.0808 e. The molecule has 1 N–H and O–H groups in total. The van der Waals surface area contributed by atoms with Crippen molar-refractivity contribution in [2.45, 2.75) is 51.4 Å². The normalized spacial score (nSPS) is 28.4. The van der Waals surface area contributed by atoms with Gasteiger partial charge in [0.05, 0.1) is 24.9 Å². The summed E-state index contributed by atoms with van der Waals surface area (Å²) in [6.45, 7) is 5.10. The molecular formula is C10H20O3. The van der Waals surface area contributed by atoms with Gasteiger partial charge in [0.1, 0.15) is 0 Å². The third-order valence-electron chi connectivity index (χ3n) is 2.50. The van der Waals surface area contributed by atoms with Gasteiger partial charge in [-0.3, -0.25) is 0 Å². The molecule has 0 aromatic carbocycles. The van der Waals surface area contributed by atoms with Crippen molar-refractivity contribution in [1.29, 1.82) is 0 Å². The minimum atomic E-state index is -0.399. The molecule has 0 saturated carbocycles. The van der Waals surface area contributed by atoms with Gasteiger partial charge in [-0.25, -0.2) is 0 Å². The van der Waals surface area contributed by atoms with Gasteiger partial charge >= 0.3 is 0 Å². The average molecular weight is 188 g/mol. The Labute approximate surface area is 80.0 Å². The molecule has 1 aliphatic rings. The zero-order chi connectivity index (χ0) is 9.68. The van der Waals surface area contributed by atoms with Gasteiger partial charge < -0.3 is 14.6 Å². The number of ether oxygens (including phenoxy) is 2. The van der Waals surface area contributed by atoms with Crippen LogP contribution in [0.4, 0.5) is 0 Å². The highest BCUT2D eigenvalue weighted by Crippen LogP contribution is 2.13. The van der Waals surface area contributed by atoms with Gasteiger partial charge in [0.15, 0.2) is 0 Å². The summed E-state index contributed by atoms with van der Waals surface area (Å²) in [5.41, 5.74) is 0. The van der Waals surface area contributed by atoms with E-state index in [1.165, 1.54) is 12.8 Å². The Morgan fingerprint density at radius 2 is 2.23 bits per heavy atom. The Kier molecular flexibility index (Phi) is 4.70. The fourth-order valence-electron chi connectivity index (χ4n) is 1.34. The van der Waals surface area contributed by atoms with Crippen LogP contribution in [0.25, 0.3) is 0 Å². The summed E-state index contributed by atoms with van der Waals surface area (Å²) in [6, 6.07) is 0. The molecule has 0 aromatic heterocycles. The number of hydrogen-bond acceptors (Lipinski definition) is 3.